The summed E-state index contributed by atoms with van der Waals surface area (Å²) in [6.07, 6.45) is -6.17. The van der Waals surface area contributed by atoms with E-state index in [0.717, 1.165) is 12.1 Å². The van der Waals surface area contributed by atoms with Gasteiger partial charge in [0.2, 0.25) is 10.0 Å². The second kappa shape index (κ2) is 8.47. The number of carbonyl (C=O) groups excluding carboxylic acids is 1. The summed E-state index contributed by atoms with van der Waals surface area (Å²) in [7, 11) is -4.33. The van der Waals surface area contributed by atoms with Crippen LogP contribution in [0.5, 0.6) is 0 Å². The Balaban J connectivity index is 3.46. The van der Waals surface area contributed by atoms with E-state index in [1.807, 2.05) is 0 Å². The molecule has 0 aromatic heterocycles. The first kappa shape index (κ1) is 23.2. The van der Waals surface area contributed by atoms with Gasteiger partial charge in [0.15, 0.2) is 0 Å². The van der Waals surface area contributed by atoms with E-state index >= 15 is 0 Å². The Bertz CT molecular complexity index is 757. The molecule has 1 amide bonds. The summed E-state index contributed by atoms with van der Waals surface area (Å²) in [6.45, 7) is 5.27. The van der Waals surface area contributed by atoms with Crippen LogP contribution in [0.4, 0.5) is 18.0 Å². The largest absolute Gasteiger partial charge is 0.443 e. The Morgan fingerprint density at radius 1 is 1.22 bits per heavy atom. The fraction of sp³-hybridized carbons (Fsp3) is 0.588. The van der Waals surface area contributed by atoms with Crippen LogP contribution in [0.25, 0.3) is 0 Å². The van der Waals surface area contributed by atoms with E-state index < -0.39 is 51.9 Å². The molecule has 0 aliphatic carbocycles. The topological polar surface area (TPSA) is 83.9 Å². The molecule has 1 aromatic rings. The van der Waals surface area contributed by atoms with Crippen molar-refractivity contribution in [2.45, 2.75) is 51.9 Å². The number of halogens is 3. The molecule has 0 radical (unpaired) electrons. The molecule has 0 bridgehead atoms. The molecule has 154 valence electrons. The number of ether oxygens (including phenoxy) is 1. The van der Waals surface area contributed by atoms with Crippen LogP contribution in [0.15, 0.2) is 24.3 Å². The van der Waals surface area contributed by atoms with Crippen molar-refractivity contribution in [1.82, 2.24) is 4.31 Å². The van der Waals surface area contributed by atoms with Gasteiger partial charge < -0.3 is 9.84 Å². The van der Waals surface area contributed by atoms with E-state index in [9.17, 15) is 26.4 Å². The van der Waals surface area contributed by atoms with Gasteiger partial charge in [-0.25, -0.2) is 13.2 Å². The summed E-state index contributed by atoms with van der Waals surface area (Å²) in [4.78, 5) is 12.5. The van der Waals surface area contributed by atoms with Crippen molar-refractivity contribution in [1.29, 1.82) is 0 Å². The monoisotopic (exact) mass is 411 g/mol. The molecule has 0 aliphatic rings. The zero-order chi connectivity index (χ0) is 21.0. The molecule has 1 aromatic carbocycles. The van der Waals surface area contributed by atoms with E-state index in [1.54, 1.807) is 0 Å². The van der Waals surface area contributed by atoms with Gasteiger partial charge in [0.25, 0.3) is 0 Å². The minimum atomic E-state index is -4.72. The van der Waals surface area contributed by atoms with Gasteiger partial charge in [-0.1, -0.05) is 18.2 Å². The smallest absolute Gasteiger partial charge is 0.424 e. The number of carbonyl (C=O) groups is 1. The van der Waals surface area contributed by atoms with Gasteiger partial charge in [0, 0.05) is 6.61 Å². The lowest BCUT2D eigenvalue weighted by Crippen LogP contribution is -2.43. The Hall–Kier alpha value is -1.81. The normalized spacial score (nSPS) is 13.9. The number of benzene rings is 1. The second-order valence-corrected chi connectivity index (χ2v) is 8.90. The number of sulfonamides is 1. The molecule has 0 fully saturated rings. The summed E-state index contributed by atoms with van der Waals surface area (Å²) in [5.41, 5.74) is -2.46. The Morgan fingerprint density at radius 2 is 1.78 bits per heavy atom. The van der Waals surface area contributed by atoms with Gasteiger partial charge in [-0.15, -0.1) is 0 Å². The fourth-order valence-electron chi connectivity index (χ4n) is 2.41. The summed E-state index contributed by atoms with van der Waals surface area (Å²) >= 11 is 0. The number of nitrogens with zero attached hydrogens (tertiary/aromatic N) is 1. The molecule has 6 nitrogen and oxygen atoms in total. The van der Waals surface area contributed by atoms with Crippen molar-refractivity contribution in [3.63, 3.8) is 0 Å². The van der Waals surface area contributed by atoms with Gasteiger partial charge in [0.05, 0.1) is 17.4 Å². The van der Waals surface area contributed by atoms with E-state index in [2.05, 4.69) is 0 Å². The highest BCUT2D eigenvalue weighted by Gasteiger charge is 2.40. The Morgan fingerprint density at radius 3 is 2.26 bits per heavy atom. The van der Waals surface area contributed by atoms with Crippen LogP contribution < -0.4 is 0 Å². The first-order valence-electron chi connectivity index (χ1n) is 8.23. The lowest BCUT2D eigenvalue weighted by molar-refractivity contribution is -0.138. The molecule has 1 atom stereocenters. The van der Waals surface area contributed by atoms with Crippen LogP contribution >= 0.6 is 0 Å². The van der Waals surface area contributed by atoms with Crippen LogP contribution in [0.2, 0.25) is 0 Å². The third kappa shape index (κ3) is 6.39. The number of rotatable bonds is 6. The molecule has 27 heavy (non-hydrogen) atoms. The Kier molecular flexibility index (Phi) is 7.29. The summed E-state index contributed by atoms with van der Waals surface area (Å²) in [5, 5.41) is 8.89. The number of hydrogen-bond acceptors (Lipinski definition) is 5. The summed E-state index contributed by atoms with van der Waals surface area (Å²) in [6, 6.07) is 2.99. The molecular formula is C17H24F3NO5S. The maximum absolute atomic E-state index is 13.3. The maximum Gasteiger partial charge on any atom is 0.424 e. The van der Waals surface area contributed by atoms with Gasteiger partial charge in [-0.3, -0.25) is 0 Å². The molecule has 10 heteroatoms. The highest BCUT2D eigenvalue weighted by atomic mass is 32.2. The van der Waals surface area contributed by atoms with Crippen molar-refractivity contribution >= 4 is 16.1 Å². The molecule has 0 saturated heterocycles. The van der Waals surface area contributed by atoms with Gasteiger partial charge in [0.1, 0.15) is 5.60 Å². The van der Waals surface area contributed by atoms with E-state index in [4.69, 9.17) is 9.84 Å². The predicted molar refractivity (Wildman–Crippen MR) is 93.4 cm³/mol. The highest BCUT2D eigenvalue weighted by molar-refractivity contribution is 7.89. The minimum Gasteiger partial charge on any atom is -0.443 e. The van der Waals surface area contributed by atoms with Crippen LogP contribution in [0, 0.1) is 0 Å². The zero-order valence-electron chi connectivity index (χ0n) is 15.6. The Labute approximate surface area is 157 Å². The number of alkyl halides is 3. The molecule has 0 saturated carbocycles. The molecule has 0 heterocycles. The summed E-state index contributed by atoms with van der Waals surface area (Å²) in [5.74, 6) is -0.610. The van der Waals surface area contributed by atoms with Crippen LogP contribution in [-0.4, -0.2) is 41.9 Å². The lowest BCUT2D eigenvalue weighted by atomic mass is 10.0. The standard InChI is InChI=1S/C17H24F3NO5S/c1-12(13-8-5-6-9-14(13)17(18,19)20)21(15(23)26-16(2,3)4)27(24,25)11-7-10-22/h5-6,8-9,12,22H,7,10-11H2,1-4H3/t12-/m1/s1. The zero-order valence-corrected chi connectivity index (χ0v) is 16.4. The molecule has 1 N–H and O–H groups in total. The molecular weight excluding hydrogens is 387 g/mol. The average Bonchev–Trinajstić information content (AvgIpc) is 2.50. The predicted octanol–water partition coefficient (Wildman–Crippen LogP) is 3.72. The van der Waals surface area contributed by atoms with Gasteiger partial charge in [-0.2, -0.15) is 17.5 Å². The number of hydrogen-bond donors (Lipinski definition) is 1. The molecule has 0 unspecified atom stereocenters. The number of aliphatic hydroxyl groups is 1. The van der Waals surface area contributed by atoms with E-state index in [0.29, 0.717) is 4.31 Å². The van der Waals surface area contributed by atoms with Crippen molar-refractivity contribution in [2.75, 3.05) is 12.4 Å². The first-order chi connectivity index (χ1) is 12.2. The van der Waals surface area contributed by atoms with E-state index in [1.165, 1.54) is 39.8 Å². The van der Waals surface area contributed by atoms with Gasteiger partial charge in [-0.05, 0) is 45.7 Å². The maximum atomic E-state index is 13.3. The van der Waals surface area contributed by atoms with Crippen LogP contribution in [0.1, 0.15) is 51.3 Å². The van der Waals surface area contributed by atoms with Crippen LogP contribution in [-0.2, 0) is 20.9 Å². The first-order valence-corrected chi connectivity index (χ1v) is 9.83. The number of amides is 1. The molecule has 0 aliphatic heterocycles. The third-order valence-corrected chi connectivity index (χ3v) is 5.37. The fourth-order valence-corrected chi connectivity index (χ4v) is 3.96. The average molecular weight is 411 g/mol. The number of aliphatic hydroxyl groups excluding tert-OH is 1. The lowest BCUT2D eigenvalue weighted by Gasteiger charge is -2.32. The highest BCUT2D eigenvalue weighted by Crippen LogP contribution is 2.37. The van der Waals surface area contributed by atoms with E-state index in [-0.39, 0.29) is 12.0 Å². The quantitative estimate of drug-likeness (QED) is 0.771. The van der Waals surface area contributed by atoms with Gasteiger partial charge >= 0.3 is 12.3 Å². The van der Waals surface area contributed by atoms with Crippen molar-refractivity contribution in [2.24, 2.45) is 0 Å². The second-order valence-electron chi connectivity index (χ2n) is 6.93. The summed E-state index contributed by atoms with van der Waals surface area (Å²) < 4.78 is 70.6. The molecule has 0 spiro atoms. The van der Waals surface area contributed by atoms with Crippen LogP contribution in [0.3, 0.4) is 0 Å². The SMILES string of the molecule is C[C@H](c1ccccc1C(F)(F)F)N(C(=O)OC(C)(C)C)S(=O)(=O)CCCO. The minimum absolute atomic E-state index is 0.171. The van der Waals surface area contributed by atoms with Crippen molar-refractivity contribution < 1.29 is 36.2 Å². The molecule has 1 rings (SSSR count). The van der Waals surface area contributed by atoms with Crippen molar-refractivity contribution in [3.05, 3.63) is 35.4 Å². The third-order valence-electron chi connectivity index (χ3n) is 3.50. The van der Waals surface area contributed by atoms with Crippen molar-refractivity contribution in [3.8, 4) is 0 Å².